The third-order valence-corrected chi connectivity index (χ3v) is 1.64. The molecule has 64 valence electrons. The molecule has 0 amide bonds. The summed E-state index contributed by atoms with van der Waals surface area (Å²) < 4.78 is 0. The lowest BCUT2D eigenvalue weighted by molar-refractivity contribution is 0.268. The zero-order valence-corrected chi connectivity index (χ0v) is 6.77. The van der Waals surface area contributed by atoms with Crippen molar-refractivity contribution in [1.82, 2.24) is 4.98 Å². The van der Waals surface area contributed by atoms with Crippen LogP contribution < -0.4 is 5.73 Å². The van der Waals surface area contributed by atoms with E-state index in [4.69, 9.17) is 10.8 Å². The molecule has 1 heterocycles. The fourth-order valence-electron chi connectivity index (χ4n) is 0.862. The lowest BCUT2D eigenvalue weighted by Gasteiger charge is -2.06. The monoisotopic (exact) mass is 164 g/mol. The van der Waals surface area contributed by atoms with Crippen LogP contribution in [0.3, 0.4) is 0 Å². The fourth-order valence-corrected chi connectivity index (χ4v) is 0.862. The van der Waals surface area contributed by atoms with Gasteiger partial charge in [0.25, 0.3) is 0 Å². The van der Waals surface area contributed by atoms with Crippen molar-refractivity contribution in [2.45, 2.75) is 6.04 Å². The molecular formula is C9H12N2O. The highest BCUT2D eigenvalue weighted by Crippen LogP contribution is 2.08. The maximum Gasteiger partial charge on any atom is 0.0624 e. The summed E-state index contributed by atoms with van der Waals surface area (Å²) in [6.07, 6.45) is 3.31. The Labute approximate surface area is 71.6 Å². The Hall–Kier alpha value is -1.19. The largest absolute Gasteiger partial charge is 0.394 e. The minimum absolute atomic E-state index is 0.0604. The quantitative estimate of drug-likeness (QED) is 0.692. The van der Waals surface area contributed by atoms with E-state index in [1.54, 1.807) is 12.3 Å². The summed E-state index contributed by atoms with van der Waals surface area (Å²) in [6, 6.07) is 3.32. The van der Waals surface area contributed by atoms with Gasteiger partial charge in [-0.05, 0) is 17.7 Å². The fraction of sp³-hybridized carbons (Fsp3) is 0.222. The topological polar surface area (TPSA) is 59.1 Å². The highest BCUT2D eigenvalue weighted by atomic mass is 16.3. The zero-order valence-electron chi connectivity index (χ0n) is 6.77. The lowest BCUT2D eigenvalue weighted by atomic mass is 10.1. The predicted molar refractivity (Wildman–Crippen MR) is 48.3 cm³/mol. The molecule has 3 nitrogen and oxygen atoms in total. The molecule has 0 aliphatic carbocycles. The van der Waals surface area contributed by atoms with Crippen LogP contribution in [0.15, 0.2) is 24.9 Å². The van der Waals surface area contributed by atoms with Crippen molar-refractivity contribution in [1.29, 1.82) is 0 Å². The number of aromatic nitrogens is 1. The maximum absolute atomic E-state index is 8.74. The molecular weight excluding hydrogens is 152 g/mol. The molecule has 1 rings (SSSR count). The molecule has 0 saturated heterocycles. The molecule has 1 aromatic heterocycles. The van der Waals surface area contributed by atoms with E-state index < -0.39 is 0 Å². The molecule has 0 spiro atoms. The molecule has 0 aliphatic heterocycles. The molecule has 0 fully saturated rings. The second-order valence-corrected chi connectivity index (χ2v) is 2.51. The third-order valence-electron chi connectivity index (χ3n) is 1.64. The number of hydrogen-bond donors (Lipinski definition) is 2. The van der Waals surface area contributed by atoms with Gasteiger partial charge in [0, 0.05) is 6.20 Å². The predicted octanol–water partition coefficient (Wildman–Crippen LogP) is 0.717. The van der Waals surface area contributed by atoms with Gasteiger partial charge in [0.2, 0.25) is 0 Å². The molecule has 0 bridgehead atoms. The molecule has 3 N–H and O–H groups in total. The van der Waals surface area contributed by atoms with Crippen LogP contribution in [0.4, 0.5) is 0 Å². The van der Waals surface area contributed by atoms with Gasteiger partial charge in [-0.3, -0.25) is 4.98 Å². The molecule has 1 atom stereocenters. The van der Waals surface area contributed by atoms with Gasteiger partial charge in [0.05, 0.1) is 18.3 Å². The van der Waals surface area contributed by atoms with E-state index in [1.165, 1.54) is 0 Å². The second-order valence-electron chi connectivity index (χ2n) is 2.51. The molecule has 0 saturated carbocycles. The van der Waals surface area contributed by atoms with Gasteiger partial charge in [-0.25, -0.2) is 0 Å². The van der Waals surface area contributed by atoms with E-state index in [0.29, 0.717) is 0 Å². The van der Waals surface area contributed by atoms with E-state index in [0.717, 1.165) is 11.3 Å². The smallest absolute Gasteiger partial charge is 0.0624 e. The van der Waals surface area contributed by atoms with Crippen molar-refractivity contribution in [3.05, 3.63) is 36.2 Å². The third kappa shape index (κ3) is 1.90. The molecule has 1 aromatic rings. The Morgan fingerprint density at radius 2 is 2.42 bits per heavy atom. The molecule has 12 heavy (non-hydrogen) atoms. The van der Waals surface area contributed by atoms with Crippen LogP contribution in [0.2, 0.25) is 0 Å². The Bertz CT molecular complexity index is 256. The lowest BCUT2D eigenvalue weighted by Crippen LogP contribution is -2.14. The summed E-state index contributed by atoms with van der Waals surface area (Å²) in [6.45, 7) is 3.52. The average Bonchev–Trinajstić information content (AvgIpc) is 2.17. The van der Waals surface area contributed by atoms with Gasteiger partial charge in [0.15, 0.2) is 0 Å². The number of pyridine rings is 1. The van der Waals surface area contributed by atoms with Crippen molar-refractivity contribution in [2.24, 2.45) is 5.73 Å². The number of rotatable bonds is 3. The first kappa shape index (κ1) is 8.90. The number of nitrogens with two attached hydrogens (primary N) is 1. The van der Waals surface area contributed by atoms with Gasteiger partial charge in [-0.1, -0.05) is 12.6 Å². The summed E-state index contributed by atoms with van der Waals surface area (Å²) in [5.74, 6) is 0. The maximum atomic E-state index is 8.74. The summed E-state index contributed by atoms with van der Waals surface area (Å²) >= 11 is 0. The van der Waals surface area contributed by atoms with Crippen LogP contribution in [0.1, 0.15) is 17.3 Å². The van der Waals surface area contributed by atoms with Crippen LogP contribution in [-0.4, -0.2) is 16.7 Å². The van der Waals surface area contributed by atoms with Crippen LogP contribution in [-0.2, 0) is 0 Å². The minimum Gasteiger partial charge on any atom is -0.394 e. The standard InChI is InChI=1S/C9H12N2O/c1-2-8-4-3-7(5-11-8)9(10)6-12/h2-5,9,12H,1,6,10H2/t9-/m0/s1. The summed E-state index contributed by atoms with van der Waals surface area (Å²) in [5.41, 5.74) is 7.22. The Morgan fingerprint density at radius 1 is 1.67 bits per heavy atom. The molecule has 3 heteroatoms. The first-order valence-corrected chi connectivity index (χ1v) is 3.72. The Balaban J connectivity index is 2.84. The summed E-state index contributed by atoms with van der Waals surface area (Å²) in [4.78, 5) is 4.06. The number of nitrogens with zero attached hydrogens (tertiary/aromatic N) is 1. The molecule has 0 aliphatic rings. The molecule has 0 radical (unpaired) electrons. The van der Waals surface area contributed by atoms with Crippen molar-refractivity contribution >= 4 is 6.08 Å². The van der Waals surface area contributed by atoms with E-state index >= 15 is 0 Å². The Morgan fingerprint density at radius 3 is 2.83 bits per heavy atom. The summed E-state index contributed by atoms with van der Waals surface area (Å²) in [5, 5.41) is 8.74. The highest BCUT2D eigenvalue weighted by molar-refractivity contribution is 5.41. The van der Waals surface area contributed by atoms with Crippen molar-refractivity contribution in [3.8, 4) is 0 Å². The van der Waals surface area contributed by atoms with E-state index in [-0.39, 0.29) is 12.6 Å². The SMILES string of the molecule is C=Cc1ccc([C@@H](N)CO)cn1. The number of hydrogen-bond acceptors (Lipinski definition) is 3. The van der Waals surface area contributed by atoms with Gasteiger partial charge < -0.3 is 10.8 Å². The average molecular weight is 164 g/mol. The number of aliphatic hydroxyl groups is 1. The number of aliphatic hydroxyl groups excluding tert-OH is 1. The van der Waals surface area contributed by atoms with Crippen molar-refractivity contribution in [3.63, 3.8) is 0 Å². The molecule has 0 unspecified atom stereocenters. The van der Waals surface area contributed by atoms with E-state index in [9.17, 15) is 0 Å². The van der Waals surface area contributed by atoms with Crippen molar-refractivity contribution in [2.75, 3.05) is 6.61 Å². The van der Waals surface area contributed by atoms with Crippen LogP contribution in [0.25, 0.3) is 6.08 Å². The van der Waals surface area contributed by atoms with E-state index in [1.807, 2.05) is 12.1 Å². The van der Waals surface area contributed by atoms with Crippen molar-refractivity contribution < 1.29 is 5.11 Å². The van der Waals surface area contributed by atoms with Crippen LogP contribution in [0.5, 0.6) is 0 Å². The normalized spacial score (nSPS) is 12.5. The minimum atomic E-state index is -0.337. The Kier molecular flexibility index (Phi) is 2.96. The summed E-state index contributed by atoms with van der Waals surface area (Å²) in [7, 11) is 0. The zero-order chi connectivity index (χ0) is 8.97. The van der Waals surface area contributed by atoms with Gasteiger partial charge >= 0.3 is 0 Å². The van der Waals surface area contributed by atoms with Crippen LogP contribution in [0, 0.1) is 0 Å². The van der Waals surface area contributed by atoms with Gasteiger partial charge in [-0.2, -0.15) is 0 Å². The van der Waals surface area contributed by atoms with Gasteiger partial charge in [0.1, 0.15) is 0 Å². The van der Waals surface area contributed by atoms with Crippen LogP contribution >= 0.6 is 0 Å². The van der Waals surface area contributed by atoms with E-state index in [2.05, 4.69) is 11.6 Å². The second kappa shape index (κ2) is 3.99. The molecule has 0 aromatic carbocycles. The first-order chi connectivity index (χ1) is 5.77. The highest BCUT2D eigenvalue weighted by Gasteiger charge is 2.02. The van der Waals surface area contributed by atoms with Gasteiger partial charge in [-0.15, -0.1) is 0 Å². The first-order valence-electron chi connectivity index (χ1n) is 3.72.